The number of hydrogen-bond donors (Lipinski definition) is 2. The van der Waals surface area contributed by atoms with E-state index in [0.717, 1.165) is 23.1 Å². The van der Waals surface area contributed by atoms with E-state index in [0.29, 0.717) is 5.82 Å². The Balaban J connectivity index is 0.000000668. The van der Waals surface area contributed by atoms with Crippen LogP contribution in [0.4, 0.5) is 0 Å². The quantitative estimate of drug-likeness (QED) is 0.231. The SMILES string of the molecule is CCC(Cl)c1ncn(C(c2ccccc2)(c2ccccc2)c2ccccc2)n1.O=[PH](O)O. The summed E-state index contributed by atoms with van der Waals surface area (Å²) in [6.45, 7) is 2.04. The van der Waals surface area contributed by atoms with E-state index in [9.17, 15) is 0 Å². The fraction of sp³-hybridized carbons (Fsp3) is 0.167. The van der Waals surface area contributed by atoms with Gasteiger partial charge in [0, 0.05) is 0 Å². The number of hydrogen-bond acceptors (Lipinski definition) is 3. The molecule has 8 heteroatoms. The summed E-state index contributed by atoms with van der Waals surface area (Å²) in [4.78, 5) is 18.9. The monoisotopic (exact) mass is 469 g/mol. The molecule has 6 nitrogen and oxygen atoms in total. The molecule has 1 aromatic heterocycles. The Kier molecular flexibility index (Phi) is 8.37. The summed E-state index contributed by atoms with van der Waals surface area (Å²) in [7, 11) is -3.13. The second kappa shape index (κ2) is 11.2. The van der Waals surface area contributed by atoms with Crippen LogP contribution >= 0.6 is 19.9 Å². The number of aromatic nitrogens is 3. The van der Waals surface area contributed by atoms with E-state index >= 15 is 0 Å². The molecule has 4 rings (SSSR count). The summed E-state index contributed by atoms with van der Waals surface area (Å²) >= 11 is 6.45. The van der Waals surface area contributed by atoms with E-state index in [1.807, 2.05) is 29.8 Å². The molecule has 0 bridgehead atoms. The van der Waals surface area contributed by atoms with Gasteiger partial charge in [-0.25, -0.2) is 9.67 Å². The van der Waals surface area contributed by atoms with E-state index in [1.54, 1.807) is 6.33 Å². The summed E-state index contributed by atoms with van der Waals surface area (Å²) in [5.41, 5.74) is 2.71. The molecule has 0 fully saturated rings. The van der Waals surface area contributed by atoms with Gasteiger partial charge in [0.15, 0.2) is 5.82 Å². The molecule has 0 saturated heterocycles. The average Bonchev–Trinajstić information content (AvgIpc) is 3.31. The third-order valence-electron chi connectivity index (χ3n) is 5.07. The maximum Gasteiger partial charge on any atom is 0.314 e. The molecule has 0 aliphatic rings. The number of rotatable bonds is 6. The first-order chi connectivity index (χ1) is 15.5. The molecule has 4 aromatic rings. The number of halogens is 1. The van der Waals surface area contributed by atoms with Gasteiger partial charge < -0.3 is 9.79 Å². The first kappa shape index (κ1) is 23.9. The van der Waals surface area contributed by atoms with E-state index in [-0.39, 0.29) is 5.38 Å². The van der Waals surface area contributed by atoms with Crippen LogP contribution in [-0.4, -0.2) is 24.6 Å². The van der Waals surface area contributed by atoms with Gasteiger partial charge in [0.1, 0.15) is 11.9 Å². The largest absolute Gasteiger partial charge is 0.326 e. The Morgan fingerprint density at radius 2 is 1.25 bits per heavy atom. The van der Waals surface area contributed by atoms with Crippen molar-refractivity contribution in [3.63, 3.8) is 0 Å². The zero-order valence-corrected chi connectivity index (χ0v) is 19.3. The third-order valence-corrected chi connectivity index (χ3v) is 5.57. The maximum absolute atomic E-state index is 8.74. The van der Waals surface area contributed by atoms with E-state index < -0.39 is 13.8 Å². The molecule has 166 valence electrons. The molecule has 0 spiro atoms. The van der Waals surface area contributed by atoms with Crippen LogP contribution < -0.4 is 0 Å². The van der Waals surface area contributed by atoms with Gasteiger partial charge in [-0.15, -0.1) is 11.6 Å². The van der Waals surface area contributed by atoms with Crippen LogP contribution in [0.3, 0.4) is 0 Å². The minimum atomic E-state index is -3.13. The van der Waals surface area contributed by atoms with Crippen LogP contribution in [0.15, 0.2) is 97.3 Å². The van der Waals surface area contributed by atoms with Gasteiger partial charge in [0.25, 0.3) is 0 Å². The molecule has 32 heavy (non-hydrogen) atoms. The Morgan fingerprint density at radius 1 is 0.875 bits per heavy atom. The van der Waals surface area contributed by atoms with Crippen molar-refractivity contribution in [3.8, 4) is 0 Å². The lowest BCUT2D eigenvalue weighted by atomic mass is 9.77. The lowest BCUT2D eigenvalue weighted by Crippen LogP contribution is -2.38. The van der Waals surface area contributed by atoms with Crippen molar-refractivity contribution >= 4 is 19.9 Å². The molecule has 2 N–H and O–H groups in total. The molecule has 1 atom stereocenters. The highest BCUT2D eigenvalue weighted by molar-refractivity contribution is 7.30. The lowest BCUT2D eigenvalue weighted by molar-refractivity contribution is 0.405. The second-order valence-corrected chi connectivity index (χ2v) is 8.11. The highest BCUT2D eigenvalue weighted by Crippen LogP contribution is 2.40. The zero-order chi connectivity index (χ0) is 23.0. The van der Waals surface area contributed by atoms with Crippen LogP contribution in [0.1, 0.15) is 41.2 Å². The van der Waals surface area contributed by atoms with Gasteiger partial charge >= 0.3 is 8.25 Å². The van der Waals surface area contributed by atoms with Crippen molar-refractivity contribution in [2.24, 2.45) is 0 Å². The number of alkyl halides is 1. The predicted molar refractivity (Wildman–Crippen MR) is 127 cm³/mol. The molecular weight excluding hydrogens is 445 g/mol. The van der Waals surface area contributed by atoms with Gasteiger partial charge in [-0.1, -0.05) is 97.9 Å². The fourth-order valence-electron chi connectivity index (χ4n) is 3.70. The smallest absolute Gasteiger partial charge is 0.314 e. The van der Waals surface area contributed by atoms with Crippen LogP contribution in [0.5, 0.6) is 0 Å². The molecule has 0 radical (unpaired) electrons. The van der Waals surface area contributed by atoms with Crippen molar-refractivity contribution in [1.29, 1.82) is 0 Å². The van der Waals surface area contributed by atoms with Gasteiger partial charge in [0.2, 0.25) is 0 Å². The molecule has 0 aliphatic carbocycles. The van der Waals surface area contributed by atoms with Gasteiger partial charge in [-0.3, -0.25) is 4.57 Å². The van der Waals surface area contributed by atoms with Gasteiger partial charge in [0.05, 0.1) is 5.38 Å². The van der Waals surface area contributed by atoms with Crippen molar-refractivity contribution in [2.75, 3.05) is 0 Å². The van der Waals surface area contributed by atoms with Crippen molar-refractivity contribution in [2.45, 2.75) is 24.3 Å². The highest BCUT2D eigenvalue weighted by Gasteiger charge is 2.39. The molecule has 0 saturated carbocycles. The average molecular weight is 470 g/mol. The fourth-order valence-corrected chi connectivity index (χ4v) is 3.80. The number of benzene rings is 3. The highest BCUT2D eigenvalue weighted by atomic mass is 35.5. The van der Waals surface area contributed by atoms with Crippen LogP contribution in [-0.2, 0) is 10.1 Å². The van der Waals surface area contributed by atoms with E-state index in [1.165, 1.54) is 0 Å². The normalized spacial score (nSPS) is 12.2. The molecular formula is C24H25ClN3O3P. The van der Waals surface area contributed by atoms with E-state index in [4.69, 9.17) is 31.1 Å². The standard InChI is InChI=1S/C24H22ClN3.H3O3P/c1-2-22(25)23-26-18-28(27-23)24(19-12-6-3-7-13-19,20-14-8-4-9-15-20)21-16-10-5-11-17-21;1-4(2)3/h3-18,22H,2H2,1H3;4H,(H2,1,2,3). The third kappa shape index (κ3) is 5.17. The minimum absolute atomic E-state index is 0.207. The van der Waals surface area contributed by atoms with E-state index in [2.05, 4.69) is 77.8 Å². The Bertz CT molecular complexity index is 1020. The van der Waals surface area contributed by atoms with Crippen LogP contribution in [0.2, 0.25) is 0 Å². The Hall–Kier alpha value is -2.76. The van der Waals surface area contributed by atoms with Gasteiger partial charge in [-0.2, -0.15) is 5.10 Å². The maximum atomic E-state index is 8.74. The Labute approximate surface area is 193 Å². The van der Waals surface area contributed by atoms with Crippen molar-refractivity contribution in [3.05, 3.63) is 120 Å². The molecule has 1 unspecified atom stereocenters. The first-order valence-electron chi connectivity index (χ1n) is 10.1. The Morgan fingerprint density at radius 3 is 1.59 bits per heavy atom. The topological polar surface area (TPSA) is 88.2 Å². The lowest BCUT2D eigenvalue weighted by Gasteiger charge is -2.35. The summed E-state index contributed by atoms with van der Waals surface area (Å²) in [6, 6.07) is 31.3. The van der Waals surface area contributed by atoms with Gasteiger partial charge in [-0.05, 0) is 23.1 Å². The van der Waals surface area contributed by atoms with Crippen molar-refractivity contribution in [1.82, 2.24) is 14.8 Å². The molecule has 0 amide bonds. The summed E-state index contributed by atoms with van der Waals surface area (Å²) in [5, 5.41) is 4.65. The first-order valence-corrected chi connectivity index (χ1v) is 11.9. The summed E-state index contributed by atoms with van der Waals surface area (Å²) in [5.74, 6) is 0.649. The summed E-state index contributed by atoms with van der Waals surface area (Å²) in [6.07, 6.45) is 2.58. The van der Waals surface area contributed by atoms with Crippen LogP contribution in [0, 0.1) is 0 Å². The molecule has 3 aromatic carbocycles. The van der Waals surface area contributed by atoms with Crippen molar-refractivity contribution < 1.29 is 14.4 Å². The molecule has 1 heterocycles. The summed E-state index contributed by atoms with van der Waals surface area (Å²) < 4.78 is 10.7. The number of nitrogens with zero attached hydrogens (tertiary/aromatic N) is 3. The zero-order valence-electron chi connectivity index (χ0n) is 17.5. The predicted octanol–water partition coefficient (Wildman–Crippen LogP) is 5.17. The second-order valence-electron chi connectivity index (χ2n) is 7.01. The van der Waals surface area contributed by atoms with Crippen LogP contribution in [0.25, 0.3) is 0 Å². The minimum Gasteiger partial charge on any atom is -0.326 e. The molecule has 0 aliphatic heterocycles.